The van der Waals surface area contributed by atoms with Crippen LogP contribution in [0.25, 0.3) is 0 Å². The number of hydrogen-bond acceptors (Lipinski definition) is 3. The Labute approximate surface area is 163 Å². The zero-order valence-corrected chi connectivity index (χ0v) is 17.2. The maximum atomic E-state index is 13.0. The van der Waals surface area contributed by atoms with Gasteiger partial charge >= 0.3 is 0 Å². The van der Waals surface area contributed by atoms with Gasteiger partial charge in [0.05, 0.1) is 19.7 Å². The molecule has 6 nitrogen and oxygen atoms in total. The molecule has 1 heterocycles. The quantitative estimate of drug-likeness (QED) is 0.630. The highest BCUT2D eigenvalue weighted by molar-refractivity contribution is 5.86. The molecule has 1 aromatic heterocycles. The molecular weight excluding hydrogens is 342 g/mol. The Kier molecular flexibility index (Phi) is 8.85. The van der Waals surface area contributed by atoms with Crippen LogP contribution in [0.2, 0.25) is 0 Å². The maximum Gasteiger partial charge on any atom is 0.242 e. The molecule has 1 aliphatic carbocycles. The van der Waals surface area contributed by atoms with E-state index in [0.29, 0.717) is 26.2 Å². The molecule has 2 amide bonds. The second-order valence-corrected chi connectivity index (χ2v) is 7.51. The van der Waals surface area contributed by atoms with Gasteiger partial charge in [-0.05, 0) is 31.4 Å². The fourth-order valence-electron chi connectivity index (χ4n) is 3.76. The van der Waals surface area contributed by atoms with Crippen molar-refractivity contribution in [2.75, 3.05) is 33.4 Å². The first kappa shape index (κ1) is 21.5. The van der Waals surface area contributed by atoms with Crippen LogP contribution >= 0.6 is 0 Å². The van der Waals surface area contributed by atoms with Crippen LogP contribution in [0.15, 0.2) is 18.3 Å². The number of carbonyl (C=O) groups excluding carboxylic acids is 2. The lowest BCUT2D eigenvalue weighted by atomic mass is 9.88. The van der Waals surface area contributed by atoms with Crippen molar-refractivity contribution >= 4 is 11.8 Å². The number of amides is 2. The van der Waals surface area contributed by atoms with Gasteiger partial charge in [-0.3, -0.25) is 9.59 Å². The van der Waals surface area contributed by atoms with E-state index in [0.717, 1.165) is 37.8 Å². The summed E-state index contributed by atoms with van der Waals surface area (Å²) in [4.78, 5) is 29.6. The number of aromatic nitrogens is 1. The third-order valence-corrected chi connectivity index (χ3v) is 5.41. The van der Waals surface area contributed by atoms with Gasteiger partial charge in [-0.1, -0.05) is 26.2 Å². The van der Waals surface area contributed by atoms with Gasteiger partial charge in [0.1, 0.15) is 0 Å². The molecule has 0 aromatic carbocycles. The van der Waals surface area contributed by atoms with E-state index in [2.05, 4.69) is 6.92 Å². The first-order valence-corrected chi connectivity index (χ1v) is 10.2. The lowest BCUT2D eigenvalue weighted by molar-refractivity contribution is -0.144. The molecule has 0 N–H and O–H groups in total. The standard InChI is InChI=1S/C21H35N3O3/c1-4-12-24(21(26)18-9-6-5-7-10-18)17-20(25)23(14-15-27-3)16-19-11-8-13-22(19)2/h8,11,13,18H,4-7,9-10,12,14-17H2,1-3H3. The Bertz CT molecular complexity index is 593. The zero-order valence-electron chi connectivity index (χ0n) is 17.2. The SMILES string of the molecule is CCCN(CC(=O)N(CCOC)Cc1cccn1C)C(=O)C1CCCCC1. The monoisotopic (exact) mass is 377 g/mol. The Hall–Kier alpha value is -1.82. The topological polar surface area (TPSA) is 54.8 Å². The van der Waals surface area contributed by atoms with Gasteiger partial charge in [0.15, 0.2) is 0 Å². The fourth-order valence-corrected chi connectivity index (χ4v) is 3.76. The predicted molar refractivity (Wildman–Crippen MR) is 106 cm³/mol. The normalized spacial score (nSPS) is 14.9. The van der Waals surface area contributed by atoms with Gasteiger partial charge in [-0.25, -0.2) is 0 Å². The number of aryl methyl sites for hydroxylation is 1. The highest BCUT2D eigenvalue weighted by atomic mass is 16.5. The highest BCUT2D eigenvalue weighted by Crippen LogP contribution is 2.25. The van der Waals surface area contributed by atoms with Crippen molar-refractivity contribution in [3.8, 4) is 0 Å². The van der Waals surface area contributed by atoms with Crippen LogP contribution in [0.1, 0.15) is 51.1 Å². The van der Waals surface area contributed by atoms with Crippen molar-refractivity contribution in [1.29, 1.82) is 0 Å². The summed E-state index contributed by atoms with van der Waals surface area (Å²) in [5, 5.41) is 0. The highest BCUT2D eigenvalue weighted by Gasteiger charge is 2.28. The summed E-state index contributed by atoms with van der Waals surface area (Å²) < 4.78 is 7.20. The molecule has 1 saturated carbocycles. The Morgan fingerprint density at radius 1 is 1.19 bits per heavy atom. The number of carbonyl (C=O) groups is 2. The molecule has 2 rings (SSSR count). The smallest absolute Gasteiger partial charge is 0.242 e. The molecule has 152 valence electrons. The number of ether oxygens (including phenoxy) is 1. The molecule has 1 fully saturated rings. The number of nitrogens with zero attached hydrogens (tertiary/aromatic N) is 3. The van der Waals surface area contributed by atoms with E-state index in [1.54, 1.807) is 16.9 Å². The summed E-state index contributed by atoms with van der Waals surface area (Å²) in [5.41, 5.74) is 1.07. The largest absolute Gasteiger partial charge is 0.383 e. The molecule has 0 atom stereocenters. The third-order valence-electron chi connectivity index (χ3n) is 5.41. The van der Waals surface area contributed by atoms with E-state index in [1.165, 1.54) is 6.42 Å². The average Bonchev–Trinajstić information content (AvgIpc) is 3.09. The third kappa shape index (κ3) is 6.38. The Balaban J connectivity index is 2.04. The minimum Gasteiger partial charge on any atom is -0.383 e. The lowest BCUT2D eigenvalue weighted by Gasteiger charge is -2.31. The molecule has 1 aliphatic rings. The van der Waals surface area contributed by atoms with E-state index in [9.17, 15) is 9.59 Å². The molecule has 0 spiro atoms. The van der Waals surface area contributed by atoms with Crippen LogP contribution < -0.4 is 0 Å². The first-order chi connectivity index (χ1) is 13.1. The molecule has 27 heavy (non-hydrogen) atoms. The summed E-state index contributed by atoms with van der Waals surface area (Å²) in [5.74, 6) is 0.250. The van der Waals surface area contributed by atoms with Gasteiger partial charge in [0.25, 0.3) is 0 Å². The van der Waals surface area contributed by atoms with Crippen molar-refractivity contribution in [3.63, 3.8) is 0 Å². The van der Waals surface area contributed by atoms with Crippen molar-refractivity contribution in [3.05, 3.63) is 24.0 Å². The Morgan fingerprint density at radius 3 is 2.52 bits per heavy atom. The summed E-state index contributed by atoms with van der Waals surface area (Å²) in [6, 6.07) is 3.99. The average molecular weight is 378 g/mol. The van der Waals surface area contributed by atoms with Crippen LogP contribution in [0, 0.1) is 5.92 Å². The van der Waals surface area contributed by atoms with Crippen molar-refractivity contribution in [1.82, 2.24) is 14.4 Å². The van der Waals surface area contributed by atoms with Gasteiger partial charge in [-0.2, -0.15) is 0 Å². The number of rotatable bonds is 10. The van der Waals surface area contributed by atoms with E-state index >= 15 is 0 Å². The second kappa shape index (κ2) is 11.1. The zero-order chi connectivity index (χ0) is 19.6. The summed E-state index contributed by atoms with van der Waals surface area (Å²) in [6.45, 7) is 4.40. The van der Waals surface area contributed by atoms with E-state index in [-0.39, 0.29) is 24.3 Å². The molecule has 1 aromatic rings. The van der Waals surface area contributed by atoms with Gasteiger partial charge < -0.3 is 19.1 Å². The molecule has 0 bridgehead atoms. The fraction of sp³-hybridized carbons (Fsp3) is 0.714. The summed E-state index contributed by atoms with van der Waals surface area (Å²) >= 11 is 0. The molecule has 0 unspecified atom stereocenters. The van der Waals surface area contributed by atoms with Crippen LogP contribution in [-0.4, -0.2) is 59.5 Å². The summed E-state index contributed by atoms with van der Waals surface area (Å²) in [6.07, 6.45) is 8.23. The minimum absolute atomic E-state index is 0.00846. The molecule has 6 heteroatoms. The van der Waals surface area contributed by atoms with E-state index in [4.69, 9.17) is 4.74 Å². The van der Waals surface area contributed by atoms with Crippen LogP contribution in [0.4, 0.5) is 0 Å². The molecular formula is C21H35N3O3. The lowest BCUT2D eigenvalue weighted by Crippen LogP contribution is -2.46. The predicted octanol–water partition coefficient (Wildman–Crippen LogP) is 2.82. The summed E-state index contributed by atoms with van der Waals surface area (Å²) in [7, 11) is 3.62. The Morgan fingerprint density at radius 2 is 1.93 bits per heavy atom. The van der Waals surface area contributed by atoms with Crippen LogP contribution in [0.5, 0.6) is 0 Å². The van der Waals surface area contributed by atoms with Crippen molar-refractivity contribution in [2.24, 2.45) is 13.0 Å². The van der Waals surface area contributed by atoms with Crippen LogP contribution in [-0.2, 0) is 27.9 Å². The van der Waals surface area contributed by atoms with E-state index in [1.807, 2.05) is 29.9 Å². The molecule has 0 aliphatic heterocycles. The van der Waals surface area contributed by atoms with Gasteiger partial charge in [-0.15, -0.1) is 0 Å². The number of methoxy groups -OCH3 is 1. The second-order valence-electron chi connectivity index (χ2n) is 7.51. The maximum absolute atomic E-state index is 13.0. The van der Waals surface area contributed by atoms with Gasteiger partial charge in [0.2, 0.25) is 11.8 Å². The van der Waals surface area contributed by atoms with Crippen molar-refractivity contribution < 1.29 is 14.3 Å². The first-order valence-electron chi connectivity index (χ1n) is 10.2. The molecule has 0 radical (unpaired) electrons. The molecule has 0 saturated heterocycles. The van der Waals surface area contributed by atoms with Crippen LogP contribution in [0.3, 0.4) is 0 Å². The minimum atomic E-state index is -0.00846. The number of hydrogen-bond donors (Lipinski definition) is 0. The van der Waals surface area contributed by atoms with Crippen molar-refractivity contribution in [2.45, 2.75) is 52.0 Å². The van der Waals surface area contributed by atoms with Gasteiger partial charge in [0, 0.05) is 45.1 Å². The van der Waals surface area contributed by atoms with E-state index < -0.39 is 0 Å².